The predicted octanol–water partition coefficient (Wildman–Crippen LogP) is 2.59. The van der Waals surface area contributed by atoms with Crippen LogP contribution < -0.4 is 5.73 Å². The summed E-state index contributed by atoms with van der Waals surface area (Å²) in [5.74, 6) is 0. The molecule has 1 aliphatic rings. The molecule has 0 aliphatic carbocycles. The van der Waals surface area contributed by atoms with E-state index in [-0.39, 0.29) is 12.1 Å². The second-order valence-corrected chi connectivity index (χ2v) is 12.6. The third-order valence-electron chi connectivity index (χ3n) is 3.70. The Morgan fingerprint density at radius 1 is 1.45 bits per heavy atom. The van der Waals surface area contributed by atoms with Gasteiger partial charge in [-0.15, -0.1) is 0 Å². The SMILES string of the molecule is C[Si](C)(C)CCN(C[C@H](N)CC1CCCCO1)C(=O)O. The molecule has 1 rings (SSSR count). The largest absolute Gasteiger partial charge is 0.465 e. The van der Waals surface area contributed by atoms with Crippen molar-refractivity contribution >= 4 is 14.2 Å². The van der Waals surface area contributed by atoms with E-state index in [0.29, 0.717) is 13.1 Å². The minimum Gasteiger partial charge on any atom is -0.465 e. The number of amides is 1. The Balaban J connectivity index is 2.37. The van der Waals surface area contributed by atoms with Gasteiger partial charge in [0.05, 0.1) is 6.10 Å². The van der Waals surface area contributed by atoms with Gasteiger partial charge in [0, 0.05) is 33.8 Å². The summed E-state index contributed by atoms with van der Waals surface area (Å²) in [6, 6.07) is 0.849. The molecule has 0 aromatic rings. The lowest BCUT2D eigenvalue weighted by molar-refractivity contribution is 0.00569. The van der Waals surface area contributed by atoms with Crippen LogP contribution in [0.25, 0.3) is 0 Å². The zero-order valence-corrected chi connectivity index (χ0v) is 14.1. The fourth-order valence-corrected chi connectivity index (χ4v) is 3.36. The second kappa shape index (κ2) is 8.00. The highest BCUT2D eigenvalue weighted by molar-refractivity contribution is 6.76. The monoisotopic (exact) mass is 302 g/mol. The van der Waals surface area contributed by atoms with Gasteiger partial charge in [-0.1, -0.05) is 19.6 Å². The Kier molecular flexibility index (Phi) is 6.98. The van der Waals surface area contributed by atoms with E-state index >= 15 is 0 Å². The summed E-state index contributed by atoms with van der Waals surface area (Å²) in [4.78, 5) is 12.8. The molecule has 2 atom stereocenters. The first-order chi connectivity index (χ1) is 9.28. The summed E-state index contributed by atoms with van der Waals surface area (Å²) >= 11 is 0. The molecule has 3 N–H and O–H groups in total. The Bertz CT molecular complexity index is 301. The molecule has 1 aliphatic heterocycles. The van der Waals surface area contributed by atoms with Crippen molar-refractivity contribution in [2.45, 2.75) is 63.5 Å². The minimum absolute atomic E-state index is 0.129. The number of hydrogen-bond donors (Lipinski definition) is 2. The first kappa shape index (κ1) is 17.5. The van der Waals surface area contributed by atoms with Crippen molar-refractivity contribution in [2.75, 3.05) is 19.7 Å². The van der Waals surface area contributed by atoms with E-state index in [2.05, 4.69) is 19.6 Å². The maximum absolute atomic E-state index is 11.3. The zero-order valence-electron chi connectivity index (χ0n) is 13.1. The van der Waals surface area contributed by atoms with E-state index in [1.807, 2.05) is 0 Å². The molecular formula is C14H30N2O3Si. The summed E-state index contributed by atoms with van der Waals surface area (Å²) in [5.41, 5.74) is 6.11. The first-order valence-electron chi connectivity index (χ1n) is 7.63. The Labute approximate surface area is 123 Å². The van der Waals surface area contributed by atoms with Gasteiger partial charge in [0.2, 0.25) is 0 Å². The van der Waals surface area contributed by atoms with Gasteiger partial charge in [-0.3, -0.25) is 0 Å². The fraction of sp³-hybridized carbons (Fsp3) is 0.929. The molecule has 0 saturated carbocycles. The topological polar surface area (TPSA) is 75.8 Å². The van der Waals surface area contributed by atoms with Gasteiger partial charge < -0.3 is 20.5 Å². The second-order valence-electron chi connectivity index (χ2n) is 7.02. The van der Waals surface area contributed by atoms with E-state index < -0.39 is 14.2 Å². The summed E-state index contributed by atoms with van der Waals surface area (Å²) in [5, 5.41) is 9.28. The van der Waals surface area contributed by atoms with Gasteiger partial charge in [-0.25, -0.2) is 4.79 Å². The normalized spacial score (nSPS) is 21.5. The number of ether oxygens (including phenoxy) is 1. The van der Waals surface area contributed by atoms with Crippen LogP contribution in [-0.2, 0) is 4.74 Å². The van der Waals surface area contributed by atoms with E-state index in [0.717, 1.165) is 31.9 Å². The van der Waals surface area contributed by atoms with Gasteiger partial charge >= 0.3 is 6.09 Å². The molecule has 6 heteroatoms. The van der Waals surface area contributed by atoms with Crippen molar-refractivity contribution in [3.63, 3.8) is 0 Å². The molecule has 1 heterocycles. The van der Waals surface area contributed by atoms with Crippen LogP contribution in [0.1, 0.15) is 25.7 Å². The molecule has 118 valence electrons. The molecule has 0 radical (unpaired) electrons. The van der Waals surface area contributed by atoms with E-state index in [1.165, 1.54) is 11.3 Å². The highest BCUT2D eigenvalue weighted by atomic mass is 28.3. The quantitative estimate of drug-likeness (QED) is 0.709. The van der Waals surface area contributed by atoms with Crippen molar-refractivity contribution in [3.05, 3.63) is 0 Å². The third-order valence-corrected chi connectivity index (χ3v) is 5.42. The fourth-order valence-electron chi connectivity index (χ4n) is 2.42. The molecule has 1 saturated heterocycles. The Morgan fingerprint density at radius 2 is 2.15 bits per heavy atom. The average molecular weight is 302 g/mol. The molecule has 0 aromatic carbocycles. The first-order valence-corrected chi connectivity index (χ1v) is 11.3. The van der Waals surface area contributed by atoms with Gasteiger partial charge in [0.1, 0.15) is 0 Å². The molecule has 1 amide bonds. The van der Waals surface area contributed by atoms with Crippen molar-refractivity contribution < 1.29 is 14.6 Å². The van der Waals surface area contributed by atoms with E-state index in [9.17, 15) is 9.90 Å². The minimum atomic E-state index is -1.23. The lowest BCUT2D eigenvalue weighted by atomic mass is 10.0. The number of carboxylic acid groups (broad SMARTS) is 1. The summed E-state index contributed by atoms with van der Waals surface area (Å²) in [7, 11) is -1.23. The highest BCUT2D eigenvalue weighted by Gasteiger charge is 2.23. The van der Waals surface area contributed by atoms with Crippen LogP contribution >= 0.6 is 0 Å². The van der Waals surface area contributed by atoms with Crippen LogP contribution in [0.4, 0.5) is 4.79 Å². The highest BCUT2D eigenvalue weighted by Crippen LogP contribution is 2.17. The van der Waals surface area contributed by atoms with Gasteiger partial charge in [0.15, 0.2) is 0 Å². The van der Waals surface area contributed by atoms with Crippen LogP contribution in [0.5, 0.6) is 0 Å². The third kappa shape index (κ3) is 7.26. The molecule has 0 bridgehead atoms. The molecule has 20 heavy (non-hydrogen) atoms. The average Bonchev–Trinajstić information content (AvgIpc) is 2.34. The van der Waals surface area contributed by atoms with Crippen molar-refractivity contribution in [1.82, 2.24) is 4.90 Å². The van der Waals surface area contributed by atoms with Gasteiger partial charge in [0.25, 0.3) is 0 Å². The number of carbonyl (C=O) groups is 1. The number of hydrogen-bond acceptors (Lipinski definition) is 3. The van der Waals surface area contributed by atoms with Crippen LogP contribution in [0, 0.1) is 0 Å². The maximum Gasteiger partial charge on any atom is 0.407 e. The lowest BCUT2D eigenvalue weighted by Gasteiger charge is -2.29. The van der Waals surface area contributed by atoms with Gasteiger partial charge in [-0.05, 0) is 31.7 Å². The zero-order chi connectivity index (χ0) is 15.2. The molecule has 1 unspecified atom stereocenters. The standard InChI is InChI=1S/C14H30N2O3Si/c1-20(2,3)9-7-16(14(17)18)11-12(15)10-13-6-4-5-8-19-13/h12-13H,4-11,15H2,1-3H3,(H,17,18)/t12-,13?/m1/s1. The Morgan fingerprint density at radius 3 is 2.65 bits per heavy atom. The van der Waals surface area contributed by atoms with Crippen molar-refractivity contribution in [3.8, 4) is 0 Å². The molecule has 5 nitrogen and oxygen atoms in total. The molecule has 0 spiro atoms. The lowest BCUT2D eigenvalue weighted by Crippen LogP contribution is -2.44. The molecular weight excluding hydrogens is 272 g/mol. The van der Waals surface area contributed by atoms with Crippen LogP contribution in [0.2, 0.25) is 25.7 Å². The van der Waals surface area contributed by atoms with Crippen LogP contribution in [0.15, 0.2) is 0 Å². The summed E-state index contributed by atoms with van der Waals surface area (Å²) in [6.07, 6.45) is 3.49. The van der Waals surface area contributed by atoms with Crippen LogP contribution in [0.3, 0.4) is 0 Å². The van der Waals surface area contributed by atoms with E-state index in [4.69, 9.17) is 10.5 Å². The summed E-state index contributed by atoms with van der Waals surface area (Å²) < 4.78 is 5.67. The number of nitrogens with two attached hydrogens (primary N) is 1. The Hall–Kier alpha value is -0.593. The molecule has 0 aromatic heterocycles. The smallest absolute Gasteiger partial charge is 0.407 e. The molecule has 1 fully saturated rings. The number of nitrogens with zero attached hydrogens (tertiary/aromatic N) is 1. The predicted molar refractivity (Wildman–Crippen MR) is 83.9 cm³/mol. The maximum atomic E-state index is 11.3. The van der Waals surface area contributed by atoms with Crippen molar-refractivity contribution in [2.24, 2.45) is 5.73 Å². The van der Waals surface area contributed by atoms with Crippen LogP contribution in [-0.4, -0.2) is 56.0 Å². The number of rotatable bonds is 7. The summed E-state index contributed by atoms with van der Waals surface area (Å²) in [6.45, 7) is 8.59. The van der Waals surface area contributed by atoms with E-state index in [1.54, 1.807) is 0 Å². The van der Waals surface area contributed by atoms with Gasteiger partial charge in [-0.2, -0.15) is 0 Å². The van der Waals surface area contributed by atoms with Crippen molar-refractivity contribution in [1.29, 1.82) is 0 Å².